The van der Waals surface area contributed by atoms with Crippen LogP contribution < -0.4 is 0 Å². The minimum absolute atomic E-state index is 0.597. The molecule has 1 rings (SSSR count). The highest BCUT2D eigenvalue weighted by Crippen LogP contribution is 1.89. The summed E-state index contributed by atoms with van der Waals surface area (Å²) in [6, 6.07) is 0. The number of hydrogen-bond acceptors (Lipinski definition) is 5. The summed E-state index contributed by atoms with van der Waals surface area (Å²) in [4.78, 5) is 0. The second-order valence-corrected chi connectivity index (χ2v) is 3.54. The fourth-order valence-corrected chi connectivity index (χ4v) is 1.25. The molecule has 0 aromatic carbocycles. The highest BCUT2D eigenvalue weighted by Gasteiger charge is 1.95. The van der Waals surface area contributed by atoms with E-state index in [1.54, 1.807) is 4.68 Å². The summed E-state index contributed by atoms with van der Waals surface area (Å²) in [5.41, 5.74) is 0.921. The average Bonchev–Trinajstić information content (AvgIpc) is 2.73. The third-order valence-corrected chi connectivity index (χ3v) is 2.07. The molecule has 0 aliphatic rings. The lowest BCUT2D eigenvalue weighted by molar-refractivity contribution is 0.0150. The standard InChI is InChI=1S/C11H21N3O3/c1-3-15-6-7-17-9-8-16-5-4-14-10-11(2)12-13-14/h10H,3-9H2,1-2H3. The Bertz CT molecular complexity index is 291. The molecule has 1 heterocycles. The van der Waals surface area contributed by atoms with Crippen molar-refractivity contribution in [1.29, 1.82) is 0 Å². The molecule has 0 atom stereocenters. The summed E-state index contributed by atoms with van der Waals surface area (Å²) in [5, 5.41) is 7.81. The van der Waals surface area contributed by atoms with Crippen molar-refractivity contribution < 1.29 is 14.2 Å². The van der Waals surface area contributed by atoms with E-state index >= 15 is 0 Å². The van der Waals surface area contributed by atoms with Gasteiger partial charge >= 0.3 is 0 Å². The van der Waals surface area contributed by atoms with Gasteiger partial charge in [0.2, 0.25) is 0 Å². The molecular weight excluding hydrogens is 222 g/mol. The van der Waals surface area contributed by atoms with E-state index in [0.29, 0.717) is 33.0 Å². The predicted octanol–water partition coefficient (Wildman–Crippen LogP) is 0.656. The minimum atomic E-state index is 0.597. The molecule has 0 fully saturated rings. The van der Waals surface area contributed by atoms with E-state index < -0.39 is 0 Å². The molecule has 98 valence electrons. The van der Waals surface area contributed by atoms with Gasteiger partial charge in [0.25, 0.3) is 0 Å². The molecule has 0 N–H and O–H groups in total. The van der Waals surface area contributed by atoms with Crippen molar-refractivity contribution in [2.24, 2.45) is 0 Å². The third-order valence-electron chi connectivity index (χ3n) is 2.07. The van der Waals surface area contributed by atoms with E-state index in [1.807, 2.05) is 20.0 Å². The van der Waals surface area contributed by atoms with Gasteiger partial charge in [-0.2, -0.15) is 0 Å². The Morgan fingerprint density at radius 3 is 2.29 bits per heavy atom. The smallest absolute Gasteiger partial charge is 0.0796 e. The van der Waals surface area contributed by atoms with Crippen LogP contribution in [0.4, 0.5) is 0 Å². The van der Waals surface area contributed by atoms with Crippen molar-refractivity contribution in [2.45, 2.75) is 20.4 Å². The van der Waals surface area contributed by atoms with Crippen molar-refractivity contribution in [2.75, 3.05) is 39.6 Å². The second-order valence-electron chi connectivity index (χ2n) is 3.54. The van der Waals surface area contributed by atoms with Crippen molar-refractivity contribution in [3.63, 3.8) is 0 Å². The summed E-state index contributed by atoms with van der Waals surface area (Å²) >= 11 is 0. The molecule has 0 aliphatic heterocycles. The maximum Gasteiger partial charge on any atom is 0.0796 e. The number of aromatic nitrogens is 3. The molecule has 0 bridgehead atoms. The van der Waals surface area contributed by atoms with Crippen molar-refractivity contribution in [3.05, 3.63) is 11.9 Å². The quantitative estimate of drug-likeness (QED) is 0.565. The van der Waals surface area contributed by atoms with Crippen LogP contribution in [0, 0.1) is 6.92 Å². The monoisotopic (exact) mass is 243 g/mol. The van der Waals surface area contributed by atoms with Crippen LogP contribution in [0.3, 0.4) is 0 Å². The van der Waals surface area contributed by atoms with Gasteiger partial charge in [-0.3, -0.25) is 0 Å². The van der Waals surface area contributed by atoms with Gasteiger partial charge in [-0.15, -0.1) is 5.10 Å². The summed E-state index contributed by atoms with van der Waals surface area (Å²) in [5.74, 6) is 0. The van der Waals surface area contributed by atoms with Gasteiger partial charge in [-0.25, -0.2) is 4.68 Å². The van der Waals surface area contributed by atoms with Gasteiger partial charge in [0.1, 0.15) is 0 Å². The Labute approximate surface area is 102 Å². The lowest BCUT2D eigenvalue weighted by Gasteiger charge is -2.05. The SMILES string of the molecule is CCOCCOCCOCCn1cc(C)nn1. The Balaban J connectivity index is 1.84. The normalized spacial score (nSPS) is 10.9. The second kappa shape index (κ2) is 9.09. The highest BCUT2D eigenvalue weighted by molar-refractivity contribution is 4.86. The molecule has 1 aromatic rings. The summed E-state index contributed by atoms with van der Waals surface area (Å²) in [6.07, 6.45) is 1.89. The van der Waals surface area contributed by atoms with Crippen molar-refractivity contribution >= 4 is 0 Å². The van der Waals surface area contributed by atoms with Gasteiger partial charge in [0.05, 0.1) is 45.3 Å². The van der Waals surface area contributed by atoms with Gasteiger partial charge in [0, 0.05) is 12.8 Å². The van der Waals surface area contributed by atoms with Crippen molar-refractivity contribution in [3.8, 4) is 0 Å². The van der Waals surface area contributed by atoms with E-state index in [0.717, 1.165) is 18.8 Å². The molecule has 6 heteroatoms. The first-order chi connectivity index (χ1) is 8.33. The molecule has 0 amide bonds. The maximum atomic E-state index is 5.40. The number of ether oxygens (including phenoxy) is 3. The highest BCUT2D eigenvalue weighted by atomic mass is 16.5. The van der Waals surface area contributed by atoms with Gasteiger partial charge < -0.3 is 14.2 Å². The van der Waals surface area contributed by atoms with E-state index in [9.17, 15) is 0 Å². The largest absolute Gasteiger partial charge is 0.379 e. The van der Waals surface area contributed by atoms with Gasteiger partial charge in [-0.1, -0.05) is 5.21 Å². The van der Waals surface area contributed by atoms with Gasteiger partial charge in [-0.05, 0) is 13.8 Å². The molecule has 0 saturated heterocycles. The summed E-state index contributed by atoms with van der Waals surface area (Å²) in [7, 11) is 0. The number of rotatable bonds is 10. The lowest BCUT2D eigenvalue weighted by Crippen LogP contribution is -2.12. The first kappa shape index (κ1) is 14.1. The molecule has 0 saturated carbocycles. The van der Waals surface area contributed by atoms with Gasteiger partial charge in [0.15, 0.2) is 0 Å². The Kier molecular flexibility index (Phi) is 7.53. The van der Waals surface area contributed by atoms with Crippen LogP contribution in [0.1, 0.15) is 12.6 Å². The predicted molar refractivity (Wildman–Crippen MR) is 62.9 cm³/mol. The first-order valence-corrected chi connectivity index (χ1v) is 5.93. The Hall–Kier alpha value is -0.980. The van der Waals surface area contributed by atoms with Crippen LogP contribution in [-0.4, -0.2) is 54.6 Å². The molecule has 0 unspecified atom stereocenters. The lowest BCUT2D eigenvalue weighted by atomic mass is 10.5. The molecule has 17 heavy (non-hydrogen) atoms. The number of aryl methyl sites for hydroxylation is 1. The summed E-state index contributed by atoms with van der Waals surface area (Å²) < 4.78 is 17.6. The maximum absolute atomic E-state index is 5.40. The van der Waals surface area contributed by atoms with Crippen LogP contribution >= 0.6 is 0 Å². The molecule has 0 radical (unpaired) electrons. The van der Waals surface area contributed by atoms with Crippen LogP contribution in [0.15, 0.2) is 6.20 Å². The summed E-state index contributed by atoms with van der Waals surface area (Å²) in [6.45, 7) is 8.43. The molecule has 1 aromatic heterocycles. The first-order valence-electron chi connectivity index (χ1n) is 5.93. The fraction of sp³-hybridized carbons (Fsp3) is 0.818. The van der Waals surface area contributed by atoms with E-state index in [4.69, 9.17) is 14.2 Å². The number of hydrogen-bond donors (Lipinski definition) is 0. The zero-order chi connectivity index (χ0) is 12.3. The molecule has 0 aliphatic carbocycles. The zero-order valence-corrected chi connectivity index (χ0v) is 10.6. The number of nitrogens with zero attached hydrogens (tertiary/aromatic N) is 3. The van der Waals surface area contributed by atoms with E-state index in [-0.39, 0.29) is 0 Å². The molecular formula is C11H21N3O3. The molecule has 0 spiro atoms. The fourth-order valence-electron chi connectivity index (χ4n) is 1.25. The zero-order valence-electron chi connectivity index (χ0n) is 10.6. The van der Waals surface area contributed by atoms with Crippen molar-refractivity contribution in [1.82, 2.24) is 15.0 Å². The van der Waals surface area contributed by atoms with Crippen LogP contribution in [-0.2, 0) is 20.8 Å². The van der Waals surface area contributed by atoms with Crippen LogP contribution in [0.25, 0.3) is 0 Å². The average molecular weight is 243 g/mol. The Morgan fingerprint density at radius 1 is 1.06 bits per heavy atom. The third kappa shape index (κ3) is 7.04. The van der Waals surface area contributed by atoms with E-state index in [2.05, 4.69) is 10.3 Å². The van der Waals surface area contributed by atoms with E-state index in [1.165, 1.54) is 0 Å². The van der Waals surface area contributed by atoms with Crippen LogP contribution in [0.2, 0.25) is 0 Å². The minimum Gasteiger partial charge on any atom is -0.379 e. The molecule has 6 nitrogen and oxygen atoms in total. The Morgan fingerprint density at radius 2 is 1.71 bits per heavy atom. The topological polar surface area (TPSA) is 58.4 Å². The van der Waals surface area contributed by atoms with Crippen LogP contribution in [0.5, 0.6) is 0 Å².